The lowest BCUT2D eigenvalue weighted by Crippen LogP contribution is -2.27. The topological polar surface area (TPSA) is 70.8 Å². The van der Waals surface area contributed by atoms with Crippen LogP contribution in [0.25, 0.3) is 0 Å². The van der Waals surface area contributed by atoms with Crippen LogP contribution in [-0.2, 0) is 6.42 Å². The van der Waals surface area contributed by atoms with Crippen LogP contribution in [-0.4, -0.2) is 34.3 Å². The first-order valence-electron chi connectivity index (χ1n) is 5.73. The van der Waals surface area contributed by atoms with Gasteiger partial charge in [-0.15, -0.1) is 5.10 Å². The number of aromatic nitrogens is 3. The summed E-state index contributed by atoms with van der Waals surface area (Å²) in [6.45, 7) is 1.88. The lowest BCUT2D eigenvalue weighted by molar-refractivity contribution is 0.750. The summed E-state index contributed by atoms with van der Waals surface area (Å²) in [5.74, 6) is 2.72. The summed E-state index contributed by atoms with van der Waals surface area (Å²) in [5.41, 5.74) is 5.85. The maximum Gasteiger partial charge on any atom is 0.244 e. The van der Waals surface area contributed by atoms with Crippen molar-refractivity contribution in [2.24, 2.45) is 11.7 Å². The van der Waals surface area contributed by atoms with E-state index in [4.69, 9.17) is 5.73 Å². The molecule has 0 spiro atoms. The molecule has 0 amide bonds. The standard InChI is InChI=1S/C10H17N5/c11-8-3-4-15(6-8)10-12-9(13-14-10)5-7-1-2-7/h7-8H,1-6,11H2,(H,12,13,14). The van der Waals surface area contributed by atoms with Gasteiger partial charge in [0.1, 0.15) is 5.82 Å². The number of hydrogen-bond acceptors (Lipinski definition) is 4. The molecule has 2 fully saturated rings. The summed E-state index contributed by atoms with van der Waals surface area (Å²) in [6.07, 6.45) is 4.81. The number of nitrogens with two attached hydrogens (primary N) is 1. The van der Waals surface area contributed by atoms with Gasteiger partial charge in [0, 0.05) is 25.6 Å². The summed E-state index contributed by atoms with van der Waals surface area (Å²) in [5, 5.41) is 7.27. The largest absolute Gasteiger partial charge is 0.338 e. The number of hydrogen-bond donors (Lipinski definition) is 2. The predicted octanol–water partition coefficient (Wildman–Crippen LogP) is 0.295. The lowest BCUT2D eigenvalue weighted by atomic mass is 10.3. The molecule has 5 heteroatoms. The minimum Gasteiger partial charge on any atom is -0.338 e. The van der Waals surface area contributed by atoms with Gasteiger partial charge in [-0.2, -0.15) is 4.98 Å². The summed E-state index contributed by atoms with van der Waals surface area (Å²) in [4.78, 5) is 6.67. The van der Waals surface area contributed by atoms with Gasteiger partial charge in [-0.25, -0.2) is 0 Å². The Morgan fingerprint density at radius 3 is 2.93 bits per heavy atom. The van der Waals surface area contributed by atoms with Crippen LogP contribution in [0.5, 0.6) is 0 Å². The Morgan fingerprint density at radius 1 is 1.40 bits per heavy atom. The third-order valence-electron chi connectivity index (χ3n) is 3.21. The number of rotatable bonds is 3. The zero-order valence-electron chi connectivity index (χ0n) is 8.82. The second-order valence-electron chi connectivity index (χ2n) is 4.72. The Bertz CT molecular complexity index is 343. The number of nitrogens with one attached hydrogen (secondary N) is 1. The lowest BCUT2D eigenvalue weighted by Gasteiger charge is -2.11. The molecule has 2 heterocycles. The Balaban J connectivity index is 1.66. The number of aromatic amines is 1. The van der Waals surface area contributed by atoms with E-state index < -0.39 is 0 Å². The molecule has 3 N–H and O–H groups in total. The summed E-state index contributed by atoms with van der Waals surface area (Å²) >= 11 is 0. The molecule has 1 aliphatic carbocycles. The Hall–Kier alpha value is -1.10. The predicted molar refractivity (Wildman–Crippen MR) is 57.6 cm³/mol. The van der Waals surface area contributed by atoms with Crippen LogP contribution in [0, 0.1) is 5.92 Å². The summed E-state index contributed by atoms with van der Waals surface area (Å²) in [7, 11) is 0. The van der Waals surface area contributed by atoms with Crippen LogP contribution in [0.1, 0.15) is 25.1 Å². The minimum atomic E-state index is 0.287. The molecule has 5 nitrogen and oxygen atoms in total. The number of nitrogens with zero attached hydrogens (tertiary/aromatic N) is 3. The van der Waals surface area contributed by atoms with Crippen LogP contribution < -0.4 is 10.6 Å². The number of anilines is 1. The fourth-order valence-corrected chi connectivity index (χ4v) is 2.08. The van der Waals surface area contributed by atoms with Crippen LogP contribution >= 0.6 is 0 Å². The quantitative estimate of drug-likeness (QED) is 0.747. The zero-order chi connectivity index (χ0) is 10.3. The Morgan fingerprint density at radius 2 is 2.27 bits per heavy atom. The third kappa shape index (κ3) is 1.97. The molecular formula is C10H17N5. The molecule has 0 aromatic carbocycles. The molecule has 3 rings (SSSR count). The molecule has 1 unspecified atom stereocenters. The van der Waals surface area contributed by atoms with Crippen LogP contribution in [0.2, 0.25) is 0 Å². The van der Waals surface area contributed by atoms with Crippen molar-refractivity contribution in [1.29, 1.82) is 0 Å². The molecule has 2 aliphatic rings. The van der Waals surface area contributed by atoms with Crippen molar-refractivity contribution < 1.29 is 0 Å². The van der Waals surface area contributed by atoms with Crippen molar-refractivity contribution in [3.05, 3.63) is 5.82 Å². The van der Waals surface area contributed by atoms with Gasteiger partial charge >= 0.3 is 0 Å². The highest BCUT2D eigenvalue weighted by molar-refractivity contribution is 5.31. The van der Waals surface area contributed by atoms with Crippen molar-refractivity contribution in [3.63, 3.8) is 0 Å². The molecule has 15 heavy (non-hydrogen) atoms. The van der Waals surface area contributed by atoms with Crippen LogP contribution in [0.15, 0.2) is 0 Å². The average Bonchev–Trinajstić information content (AvgIpc) is 2.74. The van der Waals surface area contributed by atoms with E-state index in [9.17, 15) is 0 Å². The zero-order valence-corrected chi connectivity index (χ0v) is 8.82. The fraction of sp³-hybridized carbons (Fsp3) is 0.800. The highest BCUT2D eigenvalue weighted by Gasteiger charge is 2.25. The van der Waals surface area contributed by atoms with Gasteiger partial charge in [0.25, 0.3) is 0 Å². The third-order valence-corrected chi connectivity index (χ3v) is 3.21. The molecule has 1 saturated heterocycles. The highest BCUT2D eigenvalue weighted by Crippen LogP contribution is 2.31. The van der Waals surface area contributed by atoms with Gasteiger partial charge < -0.3 is 10.6 Å². The van der Waals surface area contributed by atoms with Crippen molar-refractivity contribution in [3.8, 4) is 0 Å². The van der Waals surface area contributed by atoms with E-state index in [-0.39, 0.29) is 6.04 Å². The fourth-order valence-electron chi connectivity index (χ4n) is 2.08. The first-order chi connectivity index (χ1) is 7.31. The molecule has 0 radical (unpaired) electrons. The monoisotopic (exact) mass is 207 g/mol. The molecule has 1 aliphatic heterocycles. The Labute approximate surface area is 89.1 Å². The Kier molecular flexibility index (Phi) is 2.12. The summed E-state index contributed by atoms with van der Waals surface area (Å²) < 4.78 is 0. The maximum atomic E-state index is 5.85. The molecule has 82 valence electrons. The van der Waals surface area contributed by atoms with Crippen molar-refractivity contribution in [1.82, 2.24) is 15.2 Å². The van der Waals surface area contributed by atoms with E-state index in [2.05, 4.69) is 20.1 Å². The first kappa shape index (κ1) is 9.15. The molecule has 1 saturated carbocycles. The van der Waals surface area contributed by atoms with E-state index in [0.717, 1.165) is 43.6 Å². The van der Waals surface area contributed by atoms with Crippen molar-refractivity contribution in [2.45, 2.75) is 31.7 Å². The average molecular weight is 207 g/mol. The minimum absolute atomic E-state index is 0.287. The second kappa shape index (κ2) is 3.48. The molecule has 1 aromatic heterocycles. The summed E-state index contributed by atoms with van der Waals surface area (Å²) in [6, 6.07) is 0.287. The first-order valence-corrected chi connectivity index (χ1v) is 5.73. The van der Waals surface area contributed by atoms with E-state index in [0.29, 0.717) is 0 Å². The van der Waals surface area contributed by atoms with Crippen molar-refractivity contribution in [2.75, 3.05) is 18.0 Å². The SMILES string of the molecule is NC1CCN(c2n[nH]c(CC3CC3)n2)C1. The van der Waals surface area contributed by atoms with E-state index in [1.807, 2.05) is 0 Å². The van der Waals surface area contributed by atoms with Crippen LogP contribution in [0.3, 0.4) is 0 Å². The van der Waals surface area contributed by atoms with Gasteiger partial charge in [0.15, 0.2) is 0 Å². The van der Waals surface area contributed by atoms with Gasteiger partial charge in [-0.05, 0) is 25.2 Å². The van der Waals surface area contributed by atoms with Gasteiger partial charge in [0.2, 0.25) is 5.95 Å². The van der Waals surface area contributed by atoms with E-state index in [1.54, 1.807) is 0 Å². The van der Waals surface area contributed by atoms with E-state index in [1.165, 1.54) is 12.8 Å². The smallest absolute Gasteiger partial charge is 0.244 e. The molecule has 0 bridgehead atoms. The van der Waals surface area contributed by atoms with E-state index >= 15 is 0 Å². The van der Waals surface area contributed by atoms with Gasteiger partial charge in [0.05, 0.1) is 0 Å². The van der Waals surface area contributed by atoms with Gasteiger partial charge in [-0.3, -0.25) is 5.10 Å². The van der Waals surface area contributed by atoms with Crippen LogP contribution in [0.4, 0.5) is 5.95 Å². The van der Waals surface area contributed by atoms with Gasteiger partial charge in [-0.1, -0.05) is 0 Å². The normalized spacial score (nSPS) is 26.2. The second-order valence-corrected chi connectivity index (χ2v) is 4.72. The molecule has 1 aromatic rings. The highest BCUT2D eigenvalue weighted by atomic mass is 15.4. The molecule has 1 atom stereocenters. The number of H-pyrrole nitrogens is 1. The van der Waals surface area contributed by atoms with Crippen molar-refractivity contribution >= 4 is 5.95 Å². The molecular weight excluding hydrogens is 190 g/mol. The maximum absolute atomic E-state index is 5.85.